The summed E-state index contributed by atoms with van der Waals surface area (Å²) in [7, 11) is -4.93. The lowest BCUT2D eigenvalue weighted by Crippen LogP contribution is -2.34. The van der Waals surface area contributed by atoms with Crippen molar-refractivity contribution in [2.45, 2.75) is 24.3 Å². The van der Waals surface area contributed by atoms with E-state index in [1.54, 1.807) is 13.2 Å². The van der Waals surface area contributed by atoms with Gasteiger partial charge in [-0.2, -0.15) is 0 Å². The van der Waals surface area contributed by atoms with E-state index in [2.05, 4.69) is 4.72 Å². The summed E-state index contributed by atoms with van der Waals surface area (Å²) in [5.41, 5.74) is 5.52. The molecule has 2 unspecified atom stereocenters. The van der Waals surface area contributed by atoms with Gasteiger partial charge in [0.2, 0.25) is 10.0 Å². The summed E-state index contributed by atoms with van der Waals surface area (Å²) in [6.07, 6.45) is 1.96. The summed E-state index contributed by atoms with van der Waals surface area (Å²) in [6.45, 7) is 1.64. The molecule has 0 radical (unpaired) electrons. The topological polar surface area (TPSA) is 89.3 Å². The predicted octanol–water partition coefficient (Wildman–Crippen LogP) is 0.843. The lowest BCUT2D eigenvalue weighted by Gasteiger charge is -2.14. The SMILES string of the molecule is CC(CCS(C)=O)NS(=O)(=O)c1ccc(N)cc1F. The standard InChI is InChI=1S/C11H17FN2O3S2/c1-8(5-6-18(2)15)14-19(16,17)11-4-3-9(13)7-10(11)12/h3-4,7-8,14H,5-6,13H2,1-2H3. The van der Waals surface area contributed by atoms with Crippen molar-refractivity contribution in [3.63, 3.8) is 0 Å². The highest BCUT2D eigenvalue weighted by molar-refractivity contribution is 7.89. The van der Waals surface area contributed by atoms with Crippen LogP contribution < -0.4 is 10.5 Å². The maximum atomic E-state index is 13.6. The van der Waals surface area contributed by atoms with Gasteiger partial charge in [-0.1, -0.05) is 0 Å². The zero-order valence-electron chi connectivity index (χ0n) is 10.7. The van der Waals surface area contributed by atoms with Gasteiger partial charge in [0, 0.05) is 34.5 Å². The van der Waals surface area contributed by atoms with Crippen molar-refractivity contribution in [1.82, 2.24) is 4.72 Å². The highest BCUT2D eigenvalue weighted by Crippen LogP contribution is 2.17. The molecule has 0 fully saturated rings. The van der Waals surface area contributed by atoms with Gasteiger partial charge in [-0.3, -0.25) is 4.21 Å². The van der Waals surface area contributed by atoms with E-state index in [-0.39, 0.29) is 5.69 Å². The molecule has 8 heteroatoms. The van der Waals surface area contributed by atoms with Crippen LogP contribution in [0.15, 0.2) is 23.1 Å². The molecule has 0 aliphatic carbocycles. The zero-order valence-corrected chi connectivity index (χ0v) is 12.4. The van der Waals surface area contributed by atoms with Gasteiger partial charge in [-0.15, -0.1) is 0 Å². The van der Waals surface area contributed by atoms with Crippen molar-refractivity contribution in [3.8, 4) is 0 Å². The second kappa shape index (κ2) is 6.44. The number of nitrogen functional groups attached to an aromatic ring is 1. The van der Waals surface area contributed by atoms with Gasteiger partial charge >= 0.3 is 0 Å². The van der Waals surface area contributed by atoms with E-state index in [1.807, 2.05) is 0 Å². The van der Waals surface area contributed by atoms with Crippen LogP contribution in [0.2, 0.25) is 0 Å². The summed E-state index contributed by atoms with van der Waals surface area (Å²) in [5.74, 6) is -0.507. The molecular formula is C11H17FN2O3S2. The van der Waals surface area contributed by atoms with E-state index in [4.69, 9.17) is 5.73 Å². The van der Waals surface area contributed by atoms with Crippen LogP contribution in [0.3, 0.4) is 0 Å². The summed E-state index contributed by atoms with van der Waals surface area (Å²) < 4.78 is 50.7. The molecule has 0 saturated heterocycles. The summed E-state index contributed by atoms with van der Waals surface area (Å²) in [4.78, 5) is -0.439. The minimum atomic E-state index is -3.93. The Labute approximate surface area is 114 Å². The first kappa shape index (κ1) is 16.1. The fourth-order valence-electron chi connectivity index (χ4n) is 1.47. The molecule has 108 valence electrons. The number of benzene rings is 1. The Hall–Kier alpha value is -0.990. The second-order valence-electron chi connectivity index (χ2n) is 4.28. The molecule has 5 nitrogen and oxygen atoms in total. The van der Waals surface area contributed by atoms with Crippen LogP contribution in [-0.2, 0) is 20.8 Å². The third-order valence-corrected chi connectivity index (χ3v) is 4.87. The van der Waals surface area contributed by atoms with Gasteiger partial charge in [0.15, 0.2) is 0 Å². The Kier molecular flexibility index (Phi) is 5.45. The van der Waals surface area contributed by atoms with Crippen molar-refractivity contribution in [2.24, 2.45) is 0 Å². The molecule has 0 amide bonds. The van der Waals surface area contributed by atoms with E-state index in [9.17, 15) is 17.0 Å². The van der Waals surface area contributed by atoms with Crippen molar-refractivity contribution in [1.29, 1.82) is 0 Å². The predicted molar refractivity (Wildman–Crippen MR) is 74.1 cm³/mol. The Morgan fingerprint density at radius 3 is 2.63 bits per heavy atom. The van der Waals surface area contributed by atoms with Crippen LogP contribution in [-0.4, -0.2) is 30.7 Å². The molecule has 1 rings (SSSR count). The molecule has 1 aromatic carbocycles. The zero-order chi connectivity index (χ0) is 14.6. The van der Waals surface area contributed by atoms with Crippen LogP contribution in [0.1, 0.15) is 13.3 Å². The molecule has 0 spiro atoms. The molecule has 3 N–H and O–H groups in total. The van der Waals surface area contributed by atoms with E-state index < -0.39 is 37.6 Å². The van der Waals surface area contributed by atoms with Crippen molar-refractivity contribution >= 4 is 26.5 Å². The van der Waals surface area contributed by atoms with Gasteiger partial charge in [-0.05, 0) is 31.5 Å². The molecular weight excluding hydrogens is 291 g/mol. The highest BCUT2D eigenvalue weighted by Gasteiger charge is 2.21. The average molecular weight is 308 g/mol. The van der Waals surface area contributed by atoms with E-state index in [0.29, 0.717) is 12.2 Å². The number of anilines is 1. The van der Waals surface area contributed by atoms with Gasteiger partial charge in [-0.25, -0.2) is 17.5 Å². The molecule has 0 bridgehead atoms. The lowest BCUT2D eigenvalue weighted by molar-refractivity contribution is 0.539. The number of rotatable bonds is 6. The molecule has 0 saturated carbocycles. The smallest absolute Gasteiger partial charge is 0.243 e. The van der Waals surface area contributed by atoms with Crippen molar-refractivity contribution in [3.05, 3.63) is 24.0 Å². The van der Waals surface area contributed by atoms with Gasteiger partial charge in [0.05, 0.1) is 0 Å². The fraction of sp³-hybridized carbons (Fsp3) is 0.455. The van der Waals surface area contributed by atoms with Crippen LogP contribution in [0.5, 0.6) is 0 Å². The lowest BCUT2D eigenvalue weighted by atomic mass is 10.3. The first-order valence-corrected chi connectivity index (χ1v) is 8.81. The van der Waals surface area contributed by atoms with Crippen molar-refractivity contribution in [2.75, 3.05) is 17.7 Å². The highest BCUT2D eigenvalue weighted by atomic mass is 32.2. The molecule has 0 aliphatic rings. The molecule has 2 atom stereocenters. The normalized spacial score (nSPS) is 15.1. The Morgan fingerprint density at radius 1 is 1.47 bits per heavy atom. The van der Waals surface area contributed by atoms with E-state index in [0.717, 1.165) is 12.1 Å². The molecule has 0 aliphatic heterocycles. The summed E-state index contributed by atoms with van der Waals surface area (Å²) >= 11 is 0. The molecule has 1 aromatic rings. The minimum absolute atomic E-state index is 0.158. The largest absolute Gasteiger partial charge is 0.399 e. The fourth-order valence-corrected chi connectivity index (χ4v) is 3.49. The van der Waals surface area contributed by atoms with E-state index in [1.165, 1.54) is 6.07 Å². The summed E-state index contributed by atoms with van der Waals surface area (Å²) in [5, 5.41) is 0. The number of hydrogen-bond donors (Lipinski definition) is 2. The maximum Gasteiger partial charge on any atom is 0.243 e. The van der Waals surface area contributed by atoms with Crippen LogP contribution in [0.4, 0.5) is 10.1 Å². The first-order valence-electron chi connectivity index (χ1n) is 5.60. The minimum Gasteiger partial charge on any atom is -0.399 e. The molecule has 0 aromatic heterocycles. The quantitative estimate of drug-likeness (QED) is 0.762. The Balaban J connectivity index is 2.83. The average Bonchev–Trinajstić information content (AvgIpc) is 2.25. The van der Waals surface area contributed by atoms with Gasteiger partial charge in [0.25, 0.3) is 0 Å². The first-order chi connectivity index (χ1) is 8.72. The van der Waals surface area contributed by atoms with Crippen LogP contribution in [0.25, 0.3) is 0 Å². The van der Waals surface area contributed by atoms with Crippen molar-refractivity contribution < 1.29 is 17.0 Å². The Bertz CT molecular complexity index is 575. The Morgan fingerprint density at radius 2 is 2.11 bits per heavy atom. The van der Waals surface area contributed by atoms with Crippen LogP contribution in [0, 0.1) is 5.82 Å². The van der Waals surface area contributed by atoms with Gasteiger partial charge < -0.3 is 5.73 Å². The second-order valence-corrected chi connectivity index (χ2v) is 7.52. The number of halogens is 1. The van der Waals surface area contributed by atoms with Crippen LogP contribution >= 0.6 is 0 Å². The number of nitrogens with two attached hydrogens (primary N) is 1. The molecule has 0 heterocycles. The number of sulfonamides is 1. The third kappa shape index (κ3) is 4.88. The number of hydrogen-bond acceptors (Lipinski definition) is 4. The van der Waals surface area contributed by atoms with Gasteiger partial charge in [0.1, 0.15) is 10.7 Å². The maximum absolute atomic E-state index is 13.6. The third-order valence-electron chi connectivity index (χ3n) is 2.44. The number of nitrogens with one attached hydrogen (secondary N) is 1. The van der Waals surface area contributed by atoms with E-state index >= 15 is 0 Å². The monoisotopic (exact) mass is 308 g/mol. The molecule has 19 heavy (non-hydrogen) atoms. The summed E-state index contributed by atoms with van der Waals surface area (Å²) in [6, 6.07) is 2.98.